The van der Waals surface area contributed by atoms with E-state index in [1.165, 1.54) is 6.42 Å². The third-order valence-electron chi connectivity index (χ3n) is 8.60. The van der Waals surface area contributed by atoms with Crippen molar-refractivity contribution in [2.24, 2.45) is 28.6 Å². The smallest absolute Gasteiger partial charge is 0.145 e. The Hall–Kier alpha value is -0.150. The van der Waals surface area contributed by atoms with Gasteiger partial charge in [-0.15, -0.1) is 0 Å². The molecule has 4 fully saturated rings. The number of aliphatic hydroxyl groups excluding tert-OH is 2. The first-order chi connectivity index (χ1) is 10.3. The molecule has 0 spiro atoms. The van der Waals surface area contributed by atoms with Crippen molar-refractivity contribution < 1.29 is 14.6 Å². The van der Waals surface area contributed by atoms with Crippen LogP contribution in [0.15, 0.2) is 0 Å². The molecule has 0 aliphatic heterocycles. The summed E-state index contributed by atoms with van der Waals surface area (Å²) in [6, 6.07) is 0. The third kappa shape index (κ3) is 1.63. The van der Waals surface area contributed by atoms with Gasteiger partial charge in [0.25, 0.3) is 0 Å². The van der Waals surface area contributed by atoms with E-state index in [1.54, 1.807) is 0 Å². The predicted molar refractivity (Wildman–Crippen MR) is 84.1 cm³/mol. The third-order valence-corrected chi connectivity index (χ3v) is 8.60. The fourth-order valence-electron chi connectivity index (χ4n) is 7.27. The van der Waals surface area contributed by atoms with Crippen LogP contribution in [0.4, 0.5) is 4.39 Å². The Labute approximate surface area is 133 Å². The molecule has 22 heavy (non-hydrogen) atoms. The maximum atomic E-state index is 16.5. The van der Waals surface area contributed by atoms with Crippen LogP contribution in [0.1, 0.15) is 71.6 Å². The average Bonchev–Trinajstić information content (AvgIpc) is 2.76. The second kappa shape index (κ2) is 4.69. The highest BCUT2D eigenvalue weighted by Crippen LogP contribution is 2.69. The maximum absolute atomic E-state index is 16.5. The number of hydrogen-bond donors (Lipinski definition) is 2. The minimum absolute atomic E-state index is 0.0576. The Kier molecular flexibility index (Phi) is 3.28. The molecule has 2 N–H and O–H groups in total. The molecule has 4 aliphatic rings. The molecule has 4 saturated carbocycles. The topological polar surface area (TPSA) is 40.5 Å². The summed E-state index contributed by atoms with van der Waals surface area (Å²) in [6.45, 7) is 4.22. The van der Waals surface area contributed by atoms with Crippen LogP contribution in [0.5, 0.6) is 0 Å². The summed E-state index contributed by atoms with van der Waals surface area (Å²) >= 11 is 0. The van der Waals surface area contributed by atoms with Crippen LogP contribution >= 0.6 is 0 Å². The summed E-state index contributed by atoms with van der Waals surface area (Å²) in [5.41, 5.74) is -2.08. The number of alkyl halides is 1. The zero-order valence-electron chi connectivity index (χ0n) is 14.0. The highest BCUT2D eigenvalue weighted by molar-refractivity contribution is 5.19. The number of halogens is 1. The minimum atomic E-state index is -1.44. The first-order valence-electron chi connectivity index (χ1n) is 9.39. The molecule has 0 saturated heterocycles. The summed E-state index contributed by atoms with van der Waals surface area (Å²) in [5.74, 6) is 0.626. The summed E-state index contributed by atoms with van der Waals surface area (Å²) < 4.78 is 16.5. The van der Waals surface area contributed by atoms with E-state index in [2.05, 4.69) is 13.8 Å². The van der Waals surface area contributed by atoms with Crippen LogP contribution in [-0.2, 0) is 0 Å². The Bertz CT molecular complexity index is 468. The van der Waals surface area contributed by atoms with Crippen molar-refractivity contribution in [3.63, 3.8) is 0 Å². The largest absolute Gasteiger partial charge is 0.393 e. The van der Waals surface area contributed by atoms with E-state index < -0.39 is 11.8 Å². The molecule has 0 unspecified atom stereocenters. The Morgan fingerprint density at radius 3 is 2.36 bits per heavy atom. The van der Waals surface area contributed by atoms with Gasteiger partial charge in [-0.1, -0.05) is 26.7 Å². The van der Waals surface area contributed by atoms with Crippen LogP contribution in [0.2, 0.25) is 0 Å². The lowest BCUT2D eigenvalue weighted by atomic mass is 9.43. The van der Waals surface area contributed by atoms with E-state index >= 15 is 4.39 Å². The summed E-state index contributed by atoms with van der Waals surface area (Å²) in [7, 11) is 0. The number of rotatable bonds is 0. The average molecular weight is 310 g/mol. The zero-order chi connectivity index (χ0) is 15.8. The van der Waals surface area contributed by atoms with E-state index in [9.17, 15) is 10.2 Å². The van der Waals surface area contributed by atoms with E-state index in [-0.39, 0.29) is 28.8 Å². The zero-order valence-corrected chi connectivity index (χ0v) is 14.0. The van der Waals surface area contributed by atoms with Gasteiger partial charge in [-0.3, -0.25) is 0 Å². The molecule has 0 bridgehead atoms. The molecule has 8 atom stereocenters. The van der Waals surface area contributed by atoms with Gasteiger partial charge in [0.15, 0.2) is 0 Å². The quantitative estimate of drug-likeness (QED) is 0.713. The molecule has 4 aliphatic carbocycles. The number of aliphatic hydroxyl groups is 2. The van der Waals surface area contributed by atoms with Crippen LogP contribution in [0.3, 0.4) is 0 Å². The molecule has 0 amide bonds. The Balaban J connectivity index is 1.77. The molecule has 0 aromatic heterocycles. The van der Waals surface area contributed by atoms with Gasteiger partial charge in [-0.25, -0.2) is 4.39 Å². The standard InChI is InChI=1S/C19H31FO2/c1-17-11-16(22)19(20)14(13(17)8-9-15(17)21)7-6-12-5-3-4-10-18(12,19)2/h12-16,21-22H,3-11H2,1-2H3/t12-,13+,14+,15+,16+,17+,18+,19+/m1/s1. The Morgan fingerprint density at radius 1 is 0.864 bits per heavy atom. The van der Waals surface area contributed by atoms with E-state index in [0.717, 1.165) is 44.9 Å². The second-order valence-electron chi connectivity index (χ2n) is 9.24. The summed E-state index contributed by atoms with van der Waals surface area (Å²) in [5, 5.41) is 21.4. The monoisotopic (exact) mass is 310 g/mol. The molecule has 0 aromatic carbocycles. The van der Waals surface area contributed by atoms with E-state index in [0.29, 0.717) is 12.3 Å². The normalized spacial score (nSPS) is 61.2. The van der Waals surface area contributed by atoms with Crippen molar-refractivity contribution >= 4 is 0 Å². The van der Waals surface area contributed by atoms with Crippen molar-refractivity contribution in [3.05, 3.63) is 0 Å². The van der Waals surface area contributed by atoms with Gasteiger partial charge in [0.1, 0.15) is 5.67 Å². The van der Waals surface area contributed by atoms with Gasteiger partial charge in [0.05, 0.1) is 12.2 Å². The highest BCUT2D eigenvalue weighted by Gasteiger charge is 2.71. The van der Waals surface area contributed by atoms with Crippen LogP contribution in [-0.4, -0.2) is 28.1 Å². The van der Waals surface area contributed by atoms with Crippen molar-refractivity contribution in [2.45, 2.75) is 89.5 Å². The molecule has 0 aromatic rings. The molecule has 3 heteroatoms. The first kappa shape index (κ1) is 15.4. The fourth-order valence-corrected chi connectivity index (χ4v) is 7.27. The summed E-state index contributed by atoms with van der Waals surface area (Å²) in [4.78, 5) is 0. The Morgan fingerprint density at radius 2 is 1.59 bits per heavy atom. The minimum Gasteiger partial charge on any atom is -0.393 e. The number of fused-ring (bicyclic) bond motifs is 5. The molecular formula is C19H31FO2. The fraction of sp³-hybridized carbons (Fsp3) is 1.00. The lowest BCUT2D eigenvalue weighted by Gasteiger charge is -2.64. The maximum Gasteiger partial charge on any atom is 0.145 e. The van der Waals surface area contributed by atoms with E-state index in [4.69, 9.17) is 0 Å². The molecule has 2 nitrogen and oxygen atoms in total. The van der Waals surface area contributed by atoms with Gasteiger partial charge in [0.2, 0.25) is 0 Å². The first-order valence-corrected chi connectivity index (χ1v) is 9.39. The summed E-state index contributed by atoms with van der Waals surface area (Å²) in [6.07, 6.45) is 7.27. The SMILES string of the molecule is C[C@]12C[C@H](O)[C@@]3(F)[C@@H](CC[C@H]4CCCC[C@@]43C)[C@@H]1CC[C@@H]2O. The predicted octanol–water partition coefficient (Wildman–Crippen LogP) is 3.84. The highest BCUT2D eigenvalue weighted by atomic mass is 19.1. The van der Waals surface area contributed by atoms with Gasteiger partial charge >= 0.3 is 0 Å². The van der Waals surface area contributed by atoms with Gasteiger partial charge in [-0.05, 0) is 68.1 Å². The van der Waals surface area contributed by atoms with Crippen molar-refractivity contribution in [2.75, 3.05) is 0 Å². The van der Waals surface area contributed by atoms with Gasteiger partial charge in [-0.2, -0.15) is 0 Å². The van der Waals surface area contributed by atoms with E-state index in [1.807, 2.05) is 0 Å². The lowest BCUT2D eigenvalue weighted by Crippen LogP contribution is -2.69. The molecule has 4 rings (SSSR count). The van der Waals surface area contributed by atoms with Crippen molar-refractivity contribution in [1.82, 2.24) is 0 Å². The van der Waals surface area contributed by atoms with Crippen molar-refractivity contribution in [3.8, 4) is 0 Å². The molecular weight excluding hydrogens is 279 g/mol. The van der Waals surface area contributed by atoms with Crippen molar-refractivity contribution in [1.29, 1.82) is 0 Å². The molecule has 0 heterocycles. The van der Waals surface area contributed by atoms with Gasteiger partial charge in [0, 0.05) is 5.41 Å². The van der Waals surface area contributed by atoms with Crippen LogP contribution in [0.25, 0.3) is 0 Å². The molecule has 0 radical (unpaired) electrons. The lowest BCUT2D eigenvalue weighted by molar-refractivity contribution is -0.247. The van der Waals surface area contributed by atoms with Gasteiger partial charge < -0.3 is 10.2 Å². The van der Waals surface area contributed by atoms with Crippen LogP contribution in [0, 0.1) is 28.6 Å². The second-order valence-corrected chi connectivity index (χ2v) is 9.24. The molecule has 126 valence electrons. The van der Waals surface area contributed by atoms with Crippen LogP contribution < -0.4 is 0 Å². The number of hydrogen-bond acceptors (Lipinski definition) is 2.